The molecule has 0 unspecified atom stereocenters. The number of hydrogen-bond donors (Lipinski definition) is 0. The van der Waals surface area contributed by atoms with Crippen LogP contribution in [0.4, 0.5) is 4.79 Å². The predicted octanol–water partition coefficient (Wildman–Crippen LogP) is 4.05. The maximum atomic E-state index is 12.1. The number of allylic oxidation sites excluding steroid dienone is 2. The van der Waals surface area contributed by atoms with Gasteiger partial charge in [-0.15, -0.1) is 0 Å². The van der Waals surface area contributed by atoms with E-state index in [1.807, 2.05) is 19.1 Å². The van der Waals surface area contributed by atoms with Crippen LogP contribution >= 0.6 is 0 Å². The second-order valence-corrected chi connectivity index (χ2v) is 5.81. The lowest BCUT2D eigenvalue weighted by Crippen LogP contribution is -2.27. The molecule has 1 aliphatic heterocycles. The Morgan fingerprint density at radius 3 is 2.90 bits per heavy atom. The lowest BCUT2D eigenvalue weighted by atomic mass is 9.96. The Labute approximate surface area is 126 Å². The Bertz CT molecular complexity index is 561. The van der Waals surface area contributed by atoms with E-state index in [0.29, 0.717) is 6.54 Å². The van der Waals surface area contributed by atoms with Gasteiger partial charge in [-0.3, -0.25) is 9.88 Å². The van der Waals surface area contributed by atoms with Gasteiger partial charge in [-0.2, -0.15) is 0 Å². The number of aromatic nitrogens is 1. The van der Waals surface area contributed by atoms with Crippen molar-refractivity contribution in [2.45, 2.75) is 45.8 Å². The first-order valence-corrected chi connectivity index (χ1v) is 7.14. The van der Waals surface area contributed by atoms with Crippen LogP contribution in [0.2, 0.25) is 0 Å². The number of carbonyl (C=O) groups is 1. The van der Waals surface area contributed by atoms with E-state index >= 15 is 0 Å². The Morgan fingerprint density at radius 1 is 1.52 bits per heavy atom. The average molecular weight is 286 g/mol. The Hall–Kier alpha value is -2.10. The summed E-state index contributed by atoms with van der Waals surface area (Å²) in [7, 11) is 0. The number of rotatable bonds is 5. The van der Waals surface area contributed by atoms with Crippen molar-refractivity contribution in [3.63, 3.8) is 0 Å². The van der Waals surface area contributed by atoms with E-state index in [0.717, 1.165) is 24.1 Å². The fourth-order valence-electron chi connectivity index (χ4n) is 2.37. The number of cyclic esters (lactones) is 1. The van der Waals surface area contributed by atoms with Gasteiger partial charge in [0.25, 0.3) is 0 Å². The monoisotopic (exact) mass is 286 g/mol. The molecule has 2 rings (SSSR count). The van der Waals surface area contributed by atoms with Crippen molar-refractivity contribution >= 4 is 6.09 Å². The molecular weight excluding hydrogens is 264 g/mol. The van der Waals surface area contributed by atoms with Crippen molar-refractivity contribution in [1.82, 2.24) is 9.88 Å². The summed E-state index contributed by atoms with van der Waals surface area (Å²) in [6.07, 6.45) is 6.89. The third kappa shape index (κ3) is 3.51. The second kappa shape index (κ2) is 6.12. The zero-order valence-corrected chi connectivity index (χ0v) is 12.9. The highest BCUT2D eigenvalue weighted by Crippen LogP contribution is 2.36. The smallest absolute Gasteiger partial charge is 0.415 e. The normalized spacial score (nSPS) is 21.4. The number of hydrogen-bond acceptors (Lipinski definition) is 3. The summed E-state index contributed by atoms with van der Waals surface area (Å²) in [5, 5.41) is 0. The Morgan fingerprint density at radius 2 is 2.29 bits per heavy atom. The third-order valence-corrected chi connectivity index (χ3v) is 3.71. The topological polar surface area (TPSA) is 42.4 Å². The SMILES string of the molecule is C=C1N(Cc2cccnc2)C(=O)O[C@]1(C)CCC=C(C)C. The molecular formula is C17H22N2O2. The van der Waals surface area contributed by atoms with E-state index in [-0.39, 0.29) is 6.09 Å². The van der Waals surface area contributed by atoms with Crippen LogP contribution in [0.3, 0.4) is 0 Å². The van der Waals surface area contributed by atoms with Crippen LogP contribution in [0.25, 0.3) is 0 Å². The van der Waals surface area contributed by atoms with Gasteiger partial charge in [-0.1, -0.05) is 24.3 Å². The molecule has 1 atom stereocenters. The molecule has 1 fully saturated rings. The molecule has 1 amide bonds. The fraction of sp³-hybridized carbons (Fsp3) is 0.412. The van der Waals surface area contributed by atoms with Gasteiger partial charge in [0.1, 0.15) is 0 Å². The molecule has 0 radical (unpaired) electrons. The standard InChI is InChI=1S/C17H22N2O2/c1-13(2)7-5-9-17(4)14(3)19(16(20)21-17)12-15-8-6-10-18-11-15/h6-8,10-11H,3,5,9,12H2,1-2,4H3/t17-/m1/s1. The summed E-state index contributed by atoms with van der Waals surface area (Å²) in [6, 6.07) is 3.79. The molecule has 21 heavy (non-hydrogen) atoms. The van der Waals surface area contributed by atoms with E-state index in [4.69, 9.17) is 4.74 Å². The van der Waals surface area contributed by atoms with Crippen molar-refractivity contribution in [3.8, 4) is 0 Å². The van der Waals surface area contributed by atoms with Crippen molar-refractivity contribution in [2.75, 3.05) is 0 Å². The van der Waals surface area contributed by atoms with Gasteiger partial charge in [0, 0.05) is 12.4 Å². The highest BCUT2D eigenvalue weighted by Gasteiger charge is 2.44. The number of carbonyl (C=O) groups excluding carboxylic acids is 1. The van der Waals surface area contributed by atoms with Crippen molar-refractivity contribution in [3.05, 3.63) is 54.0 Å². The largest absolute Gasteiger partial charge is 0.436 e. The number of nitrogens with zero attached hydrogens (tertiary/aromatic N) is 2. The Kier molecular flexibility index (Phi) is 4.46. The summed E-state index contributed by atoms with van der Waals surface area (Å²) in [4.78, 5) is 17.8. The molecule has 1 saturated heterocycles. The molecule has 4 heteroatoms. The van der Waals surface area contributed by atoms with Gasteiger partial charge in [-0.25, -0.2) is 4.79 Å². The van der Waals surface area contributed by atoms with E-state index in [1.165, 1.54) is 5.57 Å². The second-order valence-electron chi connectivity index (χ2n) is 5.81. The van der Waals surface area contributed by atoms with Gasteiger partial charge >= 0.3 is 6.09 Å². The molecule has 0 bridgehead atoms. The predicted molar refractivity (Wildman–Crippen MR) is 82.5 cm³/mol. The summed E-state index contributed by atoms with van der Waals surface area (Å²) in [6.45, 7) is 10.6. The molecule has 4 nitrogen and oxygen atoms in total. The first kappa shape index (κ1) is 15.3. The lowest BCUT2D eigenvalue weighted by molar-refractivity contribution is 0.0759. The average Bonchev–Trinajstić information content (AvgIpc) is 2.63. The van der Waals surface area contributed by atoms with Crippen LogP contribution in [0, 0.1) is 0 Å². The minimum Gasteiger partial charge on any atom is -0.436 e. The number of amides is 1. The van der Waals surface area contributed by atoms with Crippen LogP contribution < -0.4 is 0 Å². The van der Waals surface area contributed by atoms with Crippen LogP contribution in [0.15, 0.2) is 48.5 Å². The zero-order valence-electron chi connectivity index (χ0n) is 12.9. The minimum absolute atomic E-state index is 0.330. The maximum absolute atomic E-state index is 12.1. The molecule has 0 aliphatic carbocycles. The van der Waals surface area contributed by atoms with Gasteiger partial charge in [0.2, 0.25) is 0 Å². The fourth-order valence-corrected chi connectivity index (χ4v) is 2.37. The van der Waals surface area contributed by atoms with Crippen molar-refractivity contribution in [1.29, 1.82) is 0 Å². The first-order valence-electron chi connectivity index (χ1n) is 7.14. The lowest BCUT2D eigenvalue weighted by Gasteiger charge is -2.23. The zero-order chi connectivity index (χ0) is 15.5. The molecule has 0 saturated carbocycles. The minimum atomic E-state index is -0.620. The molecule has 112 valence electrons. The first-order chi connectivity index (χ1) is 9.92. The highest BCUT2D eigenvalue weighted by molar-refractivity contribution is 5.74. The van der Waals surface area contributed by atoms with Crippen LogP contribution in [0.1, 0.15) is 39.2 Å². The van der Waals surface area contributed by atoms with Crippen molar-refractivity contribution < 1.29 is 9.53 Å². The van der Waals surface area contributed by atoms with Crippen LogP contribution in [-0.4, -0.2) is 21.6 Å². The molecule has 1 aromatic heterocycles. The maximum Gasteiger partial charge on any atom is 0.415 e. The van der Waals surface area contributed by atoms with Crippen LogP contribution in [0.5, 0.6) is 0 Å². The summed E-state index contributed by atoms with van der Waals surface area (Å²) in [5.41, 5.74) is 2.33. The summed E-state index contributed by atoms with van der Waals surface area (Å²) in [5.74, 6) is 0. The van der Waals surface area contributed by atoms with Gasteiger partial charge < -0.3 is 4.74 Å². The van der Waals surface area contributed by atoms with E-state index in [2.05, 4.69) is 31.5 Å². The van der Waals surface area contributed by atoms with Gasteiger partial charge in [0.05, 0.1) is 12.2 Å². The molecule has 0 aromatic carbocycles. The van der Waals surface area contributed by atoms with Crippen LogP contribution in [-0.2, 0) is 11.3 Å². The van der Waals surface area contributed by atoms with E-state index in [9.17, 15) is 4.79 Å². The van der Waals surface area contributed by atoms with Crippen molar-refractivity contribution in [2.24, 2.45) is 0 Å². The molecule has 0 N–H and O–H groups in total. The van der Waals surface area contributed by atoms with E-state index < -0.39 is 5.60 Å². The third-order valence-electron chi connectivity index (χ3n) is 3.71. The quantitative estimate of drug-likeness (QED) is 0.767. The van der Waals surface area contributed by atoms with Gasteiger partial charge in [0.15, 0.2) is 5.60 Å². The summed E-state index contributed by atoms with van der Waals surface area (Å²) >= 11 is 0. The molecule has 0 spiro atoms. The number of ether oxygens (including phenoxy) is 1. The highest BCUT2D eigenvalue weighted by atomic mass is 16.6. The van der Waals surface area contributed by atoms with E-state index in [1.54, 1.807) is 17.3 Å². The molecule has 1 aromatic rings. The molecule has 2 heterocycles. The number of pyridine rings is 1. The molecule has 1 aliphatic rings. The van der Waals surface area contributed by atoms with Gasteiger partial charge in [-0.05, 0) is 45.2 Å². The Balaban J connectivity index is 2.07. The summed E-state index contributed by atoms with van der Waals surface area (Å²) < 4.78 is 5.57.